The van der Waals surface area contributed by atoms with Crippen molar-refractivity contribution in [3.05, 3.63) is 0 Å². The molecule has 1 fully saturated rings. The molecule has 0 aromatic heterocycles. The molecule has 0 saturated heterocycles. The lowest BCUT2D eigenvalue weighted by Gasteiger charge is -2.25. The molecule has 6 heteroatoms. The molecule has 1 amide bonds. The summed E-state index contributed by atoms with van der Waals surface area (Å²) < 4.78 is 24.5. The standard InChI is InChI=1S/C12H24N2O3S/c1-10(2)9-14(18(3,16)17)8-7-13-12(15)11-5-4-6-11/h10-11H,4-9H2,1-3H3,(H,13,15). The van der Waals surface area contributed by atoms with Crippen molar-refractivity contribution in [3.8, 4) is 0 Å². The van der Waals surface area contributed by atoms with Crippen LogP contribution in [0.5, 0.6) is 0 Å². The number of nitrogens with one attached hydrogen (secondary N) is 1. The fraction of sp³-hybridized carbons (Fsp3) is 0.917. The van der Waals surface area contributed by atoms with Gasteiger partial charge in [0.25, 0.3) is 0 Å². The Balaban J connectivity index is 2.35. The Bertz CT molecular complexity index is 375. The van der Waals surface area contributed by atoms with Crippen LogP contribution in [0.1, 0.15) is 33.1 Å². The summed E-state index contributed by atoms with van der Waals surface area (Å²) in [4.78, 5) is 11.6. The largest absolute Gasteiger partial charge is 0.355 e. The second kappa shape index (κ2) is 6.52. The summed E-state index contributed by atoms with van der Waals surface area (Å²) in [5.41, 5.74) is 0. The van der Waals surface area contributed by atoms with Crippen LogP contribution in [0.25, 0.3) is 0 Å². The fourth-order valence-corrected chi connectivity index (χ4v) is 2.91. The van der Waals surface area contributed by atoms with Crippen molar-refractivity contribution >= 4 is 15.9 Å². The number of sulfonamides is 1. The van der Waals surface area contributed by atoms with Crippen molar-refractivity contribution in [1.82, 2.24) is 9.62 Å². The highest BCUT2D eigenvalue weighted by molar-refractivity contribution is 7.88. The van der Waals surface area contributed by atoms with Crippen LogP contribution in [0.4, 0.5) is 0 Å². The lowest BCUT2D eigenvalue weighted by atomic mass is 9.85. The fourth-order valence-electron chi connectivity index (χ4n) is 1.92. The van der Waals surface area contributed by atoms with Crippen LogP contribution >= 0.6 is 0 Å². The molecule has 106 valence electrons. The summed E-state index contributed by atoms with van der Waals surface area (Å²) in [6.45, 7) is 5.21. The van der Waals surface area contributed by atoms with E-state index in [0.717, 1.165) is 19.3 Å². The average Bonchev–Trinajstić information content (AvgIpc) is 2.11. The second-order valence-corrected chi connectivity index (χ2v) is 7.42. The van der Waals surface area contributed by atoms with E-state index < -0.39 is 10.0 Å². The summed E-state index contributed by atoms with van der Waals surface area (Å²) in [5.74, 6) is 0.503. The van der Waals surface area contributed by atoms with Crippen LogP contribution < -0.4 is 5.32 Å². The predicted molar refractivity (Wildman–Crippen MR) is 71.6 cm³/mol. The molecule has 0 atom stereocenters. The van der Waals surface area contributed by atoms with E-state index in [-0.39, 0.29) is 17.7 Å². The first-order chi connectivity index (χ1) is 8.30. The van der Waals surface area contributed by atoms with Crippen LogP contribution in [-0.2, 0) is 14.8 Å². The normalized spacial score (nSPS) is 16.9. The summed E-state index contributed by atoms with van der Waals surface area (Å²) in [7, 11) is -3.19. The third kappa shape index (κ3) is 4.94. The van der Waals surface area contributed by atoms with Gasteiger partial charge in [-0.05, 0) is 18.8 Å². The minimum Gasteiger partial charge on any atom is -0.355 e. The molecule has 0 unspecified atom stereocenters. The van der Waals surface area contributed by atoms with Crippen LogP contribution in [0.3, 0.4) is 0 Å². The summed E-state index contributed by atoms with van der Waals surface area (Å²) >= 11 is 0. The molecule has 1 N–H and O–H groups in total. The lowest BCUT2D eigenvalue weighted by molar-refractivity contribution is -0.127. The molecule has 0 aromatic rings. The SMILES string of the molecule is CC(C)CN(CCNC(=O)C1CCC1)S(C)(=O)=O. The highest BCUT2D eigenvalue weighted by Crippen LogP contribution is 2.25. The molecular formula is C12H24N2O3S. The molecule has 0 aromatic carbocycles. The van der Waals surface area contributed by atoms with Crippen molar-refractivity contribution in [2.45, 2.75) is 33.1 Å². The number of rotatable bonds is 7. The Labute approximate surface area is 110 Å². The lowest BCUT2D eigenvalue weighted by Crippen LogP contribution is -2.42. The van der Waals surface area contributed by atoms with Crippen LogP contribution in [-0.4, -0.2) is 44.5 Å². The Morgan fingerprint density at radius 3 is 2.39 bits per heavy atom. The molecule has 18 heavy (non-hydrogen) atoms. The second-order valence-electron chi connectivity index (χ2n) is 5.43. The van der Waals surface area contributed by atoms with Gasteiger partial charge in [0.2, 0.25) is 15.9 Å². The first-order valence-corrected chi connectivity index (χ1v) is 8.38. The molecule has 0 bridgehead atoms. The zero-order valence-electron chi connectivity index (χ0n) is 11.5. The number of carbonyl (C=O) groups is 1. The van der Waals surface area contributed by atoms with E-state index in [0.29, 0.717) is 19.6 Å². The third-order valence-corrected chi connectivity index (χ3v) is 4.44. The maximum atomic E-state index is 11.6. The van der Waals surface area contributed by atoms with E-state index in [1.54, 1.807) is 0 Å². The Morgan fingerprint density at radius 1 is 1.39 bits per heavy atom. The van der Waals surface area contributed by atoms with Gasteiger partial charge in [-0.1, -0.05) is 20.3 Å². The molecule has 0 heterocycles. The molecule has 1 aliphatic rings. The Kier molecular flexibility index (Phi) is 5.59. The molecule has 1 saturated carbocycles. The van der Waals surface area contributed by atoms with E-state index >= 15 is 0 Å². The highest BCUT2D eigenvalue weighted by Gasteiger charge is 2.25. The van der Waals surface area contributed by atoms with Gasteiger partial charge < -0.3 is 5.32 Å². The summed E-state index contributed by atoms with van der Waals surface area (Å²) in [6, 6.07) is 0. The van der Waals surface area contributed by atoms with Crippen LogP contribution in [0.2, 0.25) is 0 Å². The van der Waals surface area contributed by atoms with Gasteiger partial charge in [-0.15, -0.1) is 0 Å². The van der Waals surface area contributed by atoms with Crippen molar-refractivity contribution in [3.63, 3.8) is 0 Å². The number of hydrogen-bond donors (Lipinski definition) is 1. The summed E-state index contributed by atoms with van der Waals surface area (Å²) in [6.07, 6.45) is 4.27. The van der Waals surface area contributed by atoms with Crippen molar-refractivity contribution in [2.75, 3.05) is 25.9 Å². The molecule has 1 rings (SSSR count). The average molecular weight is 276 g/mol. The number of nitrogens with zero attached hydrogens (tertiary/aromatic N) is 1. The van der Waals surface area contributed by atoms with Gasteiger partial charge in [0.05, 0.1) is 6.26 Å². The van der Waals surface area contributed by atoms with E-state index in [9.17, 15) is 13.2 Å². The van der Waals surface area contributed by atoms with Gasteiger partial charge >= 0.3 is 0 Å². The molecule has 0 aliphatic heterocycles. The van der Waals surface area contributed by atoms with Crippen molar-refractivity contribution in [2.24, 2.45) is 11.8 Å². The van der Waals surface area contributed by atoms with Crippen LogP contribution in [0, 0.1) is 11.8 Å². The zero-order valence-corrected chi connectivity index (χ0v) is 12.3. The van der Waals surface area contributed by atoms with Crippen molar-refractivity contribution in [1.29, 1.82) is 0 Å². The highest BCUT2D eigenvalue weighted by atomic mass is 32.2. The van der Waals surface area contributed by atoms with Gasteiger partial charge in [-0.25, -0.2) is 12.7 Å². The Morgan fingerprint density at radius 2 is 2.00 bits per heavy atom. The number of hydrogen-bond acceptors (Lipinski definition) is 3. The Hall–Kier alpha value is -0.620. The quantitative estimate of drug-likeness (QED) is 0.748. The minimum absolute atomic E-state index is 0.0687. The van der Waals surface area contributed by atoms with Gasteiger partial charge in [0.15, 0.2) is 0 Å². The first kappa shape index (κ1) is 15.4. The van der Waals surface area contributed by atoms with E-state index in [4.69, 9.17) is 0 Å². The smallest absolute Gasteiger partial charge is 0.223 e. The monoisotopic (exact) mass is 276 g/mol. The maximum Gasteiger partial charge on any atom is 0.223 e. The van der Waals surface area contributed by atoms with Crippen LogP contribution in [0.15, 0.2) is 0 Å². The van der Waals surface area contributed by atoms with E-state index in [1.807, 2.05) is 13.8 Å². The number of carbonyl (C=O) groups excluding carboxylic acids is 1. The minimum atomic E-state index is -3.19. The van der Waals surface area contributed by atoms with Gasteiger partial charge in [-0.3, -0.25) is 4.79 Å². The molecule has 0 spiro atoms. The topological polar surface area (TPSA) is 66.5 Å². The van der Waals surface area contributed by atoms with Gasteiger partial charge in [0.1, 0.15) is 0 Å². The first-order valence-electron chi connectivity index (χ1n) is 6.53. The molecule has 1 aliphatic carbocycles. The van der Waals surface area contributed by atoms with E-state index in [2.05, 4.69) is 5.32 Å². The van der Waals surface area contributed by atoms with Gasteiger partial charge in [0, 0.05) is 25.6 Å². The summed E-state index contributed by atoms with van der Waals surface area (Å²) in [5, 5.41) is 2.82. The number of amides is 1. The third-order valence-electron chi connectivity index (χ3n) is 3.17. The van der Waals surface area contributed by atoms with Crippen molar-refractivity contribution < 1.29 is 13.2 Å². The molecular weight excluding hydrogens is 252 g/mol. The van der Waals surface area contributed by atoms with Gasteiger partial charge in [-0.2, -0.15) is 0 Å². The van der Waals surface area contributed by atoms with E-state index in [1.165, 1.54) is 10.6 Å². The molecule has 0 radical (unpaired) electrons. The zero-order chi connectivity index (χ0) is 13.8. The molecule has 5 nitrogen and oxygen atoms in total. The predicted octanol–water partition coefficient (Wildman–Crippen LogP) is 0.820. The maximum absolute atomic E-state index is 11.6.